The summed E-state index contributed by atoms with van der Waals surface area (Å²) >= 11 is 0. The lowest BCUT2D eigenvalue weighted by molar-refractivity contribution is 0.0698. The summed E-state index contributed by atoms with van der Waals surface area (Å²) in [6, 6.07) is 7.80. The van der Waals surface area contributed by atoms with E-state index in [-0.39, 0.29) is 17.7 Å². The van der Waals surface area contributed by atoms with Crippen molar-refractivity contribution < 1.29 is 18.7 Å². The van der Waals surface area contributed by atoms with Crippen molar-refractivity contribution in [1.82, 2.24) is 15.0 Å². The lowest BCUT2D eigenvalue weighted by atomic mass is 10.1. The highest BCUT2D eigenvalue weighted by molar-refractivity contribution is 6.00. The molecular formula is C14H9F2N3O2. The monoisotopic (exact) mass is 289 g/mol. The maximum Gasteiger partial charge on any atom is 0.337 e. The van der Waals surface area contributed by atoms with Gasteiger partial charge in [0, 0.05) is 11.6 Å². The molecule has 106 valence electrons. The van der Waals surface area contributed by atoms with Crippen LogP contribution in [-0.4, -0.2) is 26.1 Å². The SMILES string of the molecule is O=C(O)c1cccc2nnn(Cc3ccc(F)cc3F)c12. The molecule has 0 aliphatic carbocycles. The second kappa shape index (κ2) is 4.93. The molecule has 0 atom stereocenters. The van der Waals surface area contributed by atoms with Gasteiger partial charge < -0.3 is 5.11 Å². The minimum atomic E-state index is -1.12. The summed E-state index contributed by atoms with van der Waals surface area (Å²) in [5.41, 5.74) is 0.926. The summed E-state index contributed by atoms with van der Waals surface area (Å²) < 4.78 is 27.9. The number of carboxylic acid groups (broad SMARTS) is 1. The molecule has 0 radical (unpaired) electrons. The maximum atomic E-state index is 13.7. The van der Waals surface area contributed by atoms with Gasteiger partial charge in [-0.1, -0.05) is 17.3 Å². The number of aromatic nitrogens is 3. The summed E-state index contributed by atoms with van der Waals surface area (Å²) in [7, 11) is 0. The molecule has 3 aromatic rings. The molecule has 0 spiro atoms. The summed E-state index contributed by atoms with van der Waals surface area (Å²) in [6.07, 6.45) is 0. The standard InChI is InChI=1S/C14H9F2N3O2/c15-9-5-4-8(11(16)6-9)7-19-13-10(14(20)21)2-1-3-12(13)17-18-19/h1-6H,7H2,(H,20,21). The molecule has 2 aromatic carbocycles. The molecule has 3 rings (SSSR count). The molecule has 1 aromatic heterocycles. The summed E-state index contributed by atoms with van der Waals surface area (Å²) in [5.74, 6) is -2.51. The van der Waals surface area contributed by atoms with Crippen LogP contribution in [0.4, 0.5) is 8.78 Å². The van der Waals surface area contributed by atoms with Crippen LogP contribution in [0, 0.1) is 11.6 Å². The van der Waals surface area contributed by atoms with E-state index >= 15 is 0 Å². The number of halogens is 2. The van der Waals surface area contributed by atoms with Crippen LogP contribution in [0.1, 0.15) is 15.9 Å². The largest absolute Gasteiger partial charge is 0.478 e. The van der Waals surface area contributed by atoms with Crippen molar-refractivity contribution in [2.45, 2.75) is 6.54 Å². The molecule has 0 unspecified atom stereocenters. The Bertz CT molecular complexity index is 845. The Morgan fingerprint density at radius 3 is 2.76 bits per heavy atom. The number of carbonyl (C=O) groups is 1. The number of benzene rings is 2. The van der Waals surface area contributed by atoms with Crippen molar-refractivity contribution in [2.24, 2.45) is 0 Å². The molecule has 5 nitrogen and oxygen atoms in total. The molecule has 0 bridgehead atoms. The first-order chi connectivity index (χ1) is 10.1. The van der Waals surface area contributed by atoms with Crippen molar-refractivity contribution in [3.05, 3.63) is 59.2 Å². The first-order valence-electron chi connectivity index (χ1n) is 6.05. The smallest absolute Gasteiger partial charge is 0.337 e. The topological polar surface area (TPSA) is 68.0 Å². The highest BCUT2D eigenvalue weighted by Crippen LogP contribution is 2.19. The number of rotatable bonds is 3. The van der Waals surface area contributed by atoms with Crippen molar-refractivity contribution in [3.8, 4) is 0 Å². The average molecular weight is 289 g/mol. The highest BCUT2D eigenvalue weighted by Gasteiger charge is 2.15. The number of aromatic carboxylic acids is 1. The van der Waals surface area contributed by atoms with Gasteiger partial charge in [0.15, 0.2) is 0 Å². The van der Waals surface area contributed by atoms with Gasteiger partial charge in [-0.25, -0.2) is 18.3 Å². The lowest BCUT2D eigenvalue weighted by Gasteiger charge is -2.06. The zero-order valence-electron chi connectivity index (χ0n) is 10.6. The predicted molar refractivity (Wildman–Crippen MR) is 69.9 cm³/mol. The van der Waals surface area contributed by atoms with Crippen LogP contribution >= 0.6 is 0 Å². The van der Waals surface area contributed by atoms with Crippen molar-refractivity contribution in [2.75, 3.05) is 0 Å². The Morgan fingerprint density at radius 2 is 2.05 bits per heavy atom. The number of nitrogens with zero attached hydrogens (tertiary/aromatic N) is 3. The van der Waals surface area contributed by atoms with Crippen LogP contribution in [0.2, 0.25) is 0 Å². The molecule has 0 fully saturated rings. The van der Waals surface area contributed by atoms with Crippen LogP contribution in [0.3, 0.4) is 0 Å². The molecule has 1 heterocycles. The number of hydrogen-bond donors (Lipinski definition) is 1. The van der Waals surface area contributed by atoms with E-state index in [9.17, 15) is 18.7 Å². The molecule has 1 N–H and O–H groups in total. The minimum absolute atomic E-state index is 0.0278. The number of carboxylic acids is 1. The number of hydrogen-bond acceptors (Lipinski definition) is 3. The van der Waals surface area contributed by atoms with Crippen LogP contribution in [-0.2, 0) is 6.54 Å². The Hall–Kier alpha value is -2.83. The van der Waals surface area contributed by atoms with Gasteiger partial charge in [-0.2, -0.15) is 0 Å². The third kappa shape index (κ3) is 2.33. The highest BCUT2D eigenvalue weighted by atomic mass is 19.1. The zero-order chi connectivity index (χ0) is 15.0. The van der Waals surface area contributed by atoms with Gasteiger partial charge in [-0.15, -0.1) is 5.10 Å². The van der Waals surface area contributed by atoms with E-state index in [0.29, 0.717) is 11.0 Å². The third-order valence-electron chi connectivity index (χ3n) is 3.10. The Labute approximate surface area is 117 Å². The Kier molecular flexibility index (Phi) is 3.09. The average Bonchev–Trinajstić information content (AvgIpc) is 2.85. The van der Waals surface area contributed by atoms with Gasteiger partial charge >= 0.3 is 5.97 Å². The summed E-state index contributed by atoms with van der Waals surface area (Å²) in [4.78, 5) is 11.2. The molecule has 21 heavy (non-hydrogen) atoms. The van der Waals surface area contributed by atoms with E-state index in [2.05, 4.69) is 10.3 Å². The van der Waals surface area contributed by atoms with E-state index < -0.39 is 17.6 Å². The molecular weight excluding hydrogens is 280 g/mol. The molecule has 0 aliphatic heterocycles. The van der Waals surface area contributed by atoms with Crippen LogP contribution in [0.15, 0.2) is 36.4 Å². The van der Waals surface area contributed by atoms with Crippen molar-refractivity contribution >= 4 is 17.0 Å². The third-order valence-corrected chi connectivity index (χ3v) is 3.10. The normalized spacial score (nSPS) is 11.0. The van der Waals surface area contributed by atoms with Gasteiger partial charge in [-0.05, 0) is 18.2 Å². The quantitative estimate of drug-likeness (QED) is 0.804. The van der Waals surface area contributed by atoms with E-state index in [4.69, 9.17) is 0 Å². The number of para-hydroxylation sites is 1. The Balaban J connectivity index is 2.11. The molecule has 0 aliphatic rings. The van der Waals surface area contributed by atoms with Gasteiger partial charge in [0.05, 0.1) is 12.1 Å². The van der Waals surface area contributed by atoms with E-state index in [0.717, 1.165) is 12.1 Å². The summed E-state index contributed by atoms with van der Waals surface area (Å²) in [6.45, 7) is -0.0348. The second-order valence-electron chi connectivity index (χ2n) is 4.46. The fourth-order valence-electron chi connectivity index (χ4n) is 2.12. The lowest BCUT2D eigenvalue weighted by Crippen LogP contribution is -2.07. The fraction of sp³-hybridized carbons (Fsp3) is 0.0714. The van der Waals surface area contributed by atoms with Gasteiger partial charge in [0.1, 0.15) is 22.7 Å². The first kappa shape index (κ1) is 13.2. The second-order valence-corrected chi connectivity index (χ2v) is 4.46. The van der Waals surface area contributed by atoms with Crippen LogP contribution in [0.5, 0.6) is 0 Å². The Morgan fingerprint density at radius 1 is 1.24 bits per heavy atom. The van der Waals surface area contributed by atoms with Gasteiger partial charge in [0.25, 0.3) is 0 Å². The first-order valence-corrected chi connectivity index (χ1v) is 6.05. The van der Waals surface area contributed by atoms with E-state index in [1.54, 1.807) is 12.1 Å². The molecule has 7 heteroatoms. The van der Waals surface area contributed by atoms with E-state index in [1.807, 2.05) is 0 Å². The molecule has 0 saturated heterocycles. The van der Waals surface area contributed by atoms with Crippen LogP contribution < -0.4 is 0 Å². The molecule has 0 saturated carbocycles. The minimum Gasteiger partial charge on any atom is -0.478 e. The fourth-order valence-corrected chi connectivity index (χ4v) is 2.12. The van der Waals surface area contributed by atoms with Crippen LogP contribution in [0.25, 0.3) is 11.0 Å². The summed E-state index contributed by atoms with van der Waals surface area (Å²) in [5, 5.41) is 16.9. The zero-order valence-corrected chi connectivity index (χ0v) is 10.6. The van der Waals surface area contributed by atoms with E-state index in [1.165, 1.54) is 16.8 Å². The van der Waals surface area contributed by atoms with Gasteiger partial charge in [-0.3, -0.25) is 0 Å². The van der Waals surface area contributed by atoms with Crippen molar-refractivity contribution in [3.63, 3.8) is 0 Å². The van der Waals surface area contributed by atoms with Gasteiger partial charge in [0.2, 0.25) is 0 Å². The predicted octanol–water partition coefficient (Wildman–Crippen LogP) is 2.46. The van der Waals surface area contributed by atoms with Crippen molar-refractivity contribution in [1.29, 1.82) is 0 Å². The number of fused-ring (bicyclic) bond motifs is 1. The molecule has 0 amide bonds. The maximum absolute atomic E-state index is 13.7.